The van der Waals surface area contributed by atoms with Gasteiger partial charge in [0.1, 0.15) is 5.82 Å². The first kappa shape index (κ1) is 16.0. The number of nitrogens with one attached hydrogen (secondary N) is 1. The van der Waals surface area contributed by atoms with Crippen LogP contribution in [0.15, 0.2) is 22.7 Å². The standard InChI is InChI=1S/C17H25BrFN/c1-3-4-13-5-8-15(9-6-13)20-12(2)16-11-14(18)7-10-17(16)19/h7,10-13,15,20H,3-6,8-9H2,1-2H3. The molecule has 0 bridgehead atoms. The molecule has 0 aliphatic heterocycles. The molecule has 1 saturated carbocycles. The third-order valence-corrected chi connectivity index (χ3v) is 4.95. The first-order valence-electron chi connectivity index (χ1n) is 7.81. The maximum absolute atomic E-state index is 13.9. The average Bonchev–Trinajstić information content (AvgIpc) is 2.44. The molecule has 20 heavy (non-hydrogen) atoms. The molecule has 3 heteroatoms. The third-order valence-electron chi connectivity index (χ3n) is 4.45. The zero-order chi connectivity index (χ0) is 14.5. The summed E-state index contributed by atoms with van der Waals surface area (Å²) >= 11 is 3.42. The van der Waals surface area contributed by atoms with Gasteiger partial charge in [-0.25, -0.2) is 4.39 Å². The van der Waals surface area contributed by atoms with Gasteiger partial charge in [0, 0.05) is 22.1 Å². The molecule has 1 fully saturated rings. The van der Waals surface area contributed by atoms with Gasteiger partial charge in [-0.1, -0.05) is 35.7 Å². The summed E-state index contributed by atoms with van der Waals surface area (Å²) in [5.74, 6) is 0.795. The molecule has 0 spiro atoms. The topological polar surface area (TPSA) is 12.0 Å². The SMILES string of the molecule is CCCC1CCC(NC(C)c2cc(Br)ccc2F)CC1. The van der Waals surface area contributed by atoms with E-state index in [0.29, 0.717) is 6.04 Å². The van der Waals surface area contributed by atoms with Crippen LogP contribution in [0, 0.1) is 11.7 Å². The number of hydrogen-bond acceptors (Lipinski definition) is 1. The highest BCUT2D eigenvalue weighted by Gasteiger charge is 2.22. The largest absolute Gasteiger partial charge is 0.307 e. The van der Waals surface area contributed by atoms with Gasteiger partial charge in [0.05, 0.1) is 0 Å². The number of hydrogen-bond donors (Lipinski definition) is 1. The van der Waals surface area contributed by atoms with E-state index in [2.05, 4.69) is 35.1 Å². The lowest BCUT2D eigenvalue weighted by Gasteiger charge is -2.31. The molecule has 1 unspecified atom stereocenters. The van der Waals surface area contributed by atoms with Crippen LogP contribution >= 0.6 is 15.9 Å². The van der Waals surface area contributed by atoms with Crippen molar-refractivity contribution in [3.05, 3.63) is 34.1 Å². The molecule has 1 aliphatic rings. The predicted molar refractivity (Wildman–Crippen MR) is 86.3 cm³/mol. The van der Waals surface area contributed by atoms with E-state index in [0.717, 1.165) is 16.0 Å². The second kappa shape index (κ2) is 7.56. The lowest BCUT2D eigenvalue weighted by Crippen LogP contribution is -2.35. The van der Waals surface area contributed by atoms with E-state index in [4.69, 9.17) is 0 Å². The average molecular weight is 342 g/mol. The van der Waals surface area contributed by atoms with Crippen molar-refractivity contribution in [2.75, 3.05) is 0 Å². The summed E-state index contributed by atoms with van der Waals surface area (Å²) in [6.07, 6.45) is 7.75. The van der Waals surface area contributed by atoms with E-state index in [1.165, 1.54) is 44.6 Å². The van der Waals surface area contributed by atoms with Crippen LogP contribution in [0.25, 0.3) is 0 Å². The highest BCUT2D eigenvalue weighted by molar-refractivity contribution is 9.10. The molecule has 0 radical (unpaired) electrons. The molecule has 0 amide bonds. The van der Waals surface area contributed by atoms with Crippen LogP contribution in [0.4, 0.5) is 4.39 Å². The summed E-state index contributed by atoms with van der Waals surface area (Å²) in [6, 6.07) is 5.78. The van der Waals surface area contributed by atoms with Crippen molar-refractivity contribution in [3.63, 3.8) is 0 Å². The van der Waals surface area contributed by atoms with Crippen molar-refractivity contribution in [1.29, 1.82) is 0 Å². The van der Waals surface area contributed by atoms with Crippen LogP contribution in [0.1, 0.15) is 64.0 Å². The van der Waals surface area contributed by atoms with Crippen LogP contribution in [-0.4, -0.2) is 6.04 Å². The van der Waals surface area contributed by atoms with E-state index in [1.54, 1.807) is 6.07 Å². The Labute approximate surface area is 130 Å². The number of halogens is 2. The predicted octanol–water partition coefficient (Wildman–Crippen LogP) is 5.60. The van der Waals surface area contributed by atoms with Crippen molar-refractivity contribution in [3.8, 4) is 0 Å². The Hall–Kier alpha value is -0.410. The molecular weight excluding hydrogens is 317 g/mol. The van der Waals surface area contributed by atoms with Gasteiger partial charge in [-0.2, -0.15) is 0 Å². The summed E-state index contributed by atoms with van der Waals surface area (Å²) in [4.78, 5) is 0. The molecule has 1 aromatic carbocycles. The van der Waals surface area contributed by atoms with Gasteiger partial charge in [-0.15, -0.1) is 0 Å². The Morgan fingerprint density at radius 3 is 2.65 bits per heavy atom. The third kappa shape index (κ3) is 4.29. The zero-order valence-electron chi connectivity index (χ0n) is 12.5. The maximum atomic E-state index is 13.9. The normalized spacial score (nSPS) is 24.6. The number of benzene rings is 1. The van der Waals surface area contributed by atoms with Crippen LogP contribution < -0.4 is 5.32 Å². The summed E-state index contributed by atoms with van der Waals surface area (Å²) in [7, 11) is 0. The van der Waals surface area contributed by atoms with E-state index in [-0.39, 0.29) is 11.9 Å². The van der Waals surface area contributed by atoms with Gasteiger partial charge in [0.25, 0.3) is 0 Å². The van der Waals surface area contributed by atoms with Gasteiger partial charge < -0.3 is 5.32 Å². The summed E-state index contributed by atoms with van der Waals surface area (Å²) < 4.78 is 14.8. The zero-order valence-corrected chi connectivity index (χ0v) is 14.0. The van der Waals surface area contributed by atoms with E-state index in [1.807, 2.05) is 6.07 Å². The Balaban J connectivity index is 1.89. The minimum atomic E-state index is -0.118. The maximum Gasteiger partial charge on any atom is 0.128 e. The summed E-state index contributed by atoms with van der Waals surface area (Å²) in [5.41, 5.74) is 0.759. The molecule has 1 nitrogen and oxygen atoms in total. The van der Waals surface area contributed by atoms with Crippen molar-refractivity contribution >= 4 is 15.9 Å². The first-order chi connectivity index (χ1) is 9.60. The highest BCUT2D eigenvalue weighted by Crippen LogP contribution is 2.30. The molecule has 1 aromatic rings. The van der Waals surface area contributed by atoms with E-state index in [9.17, 15) is 4.39 Å². The molecule has 0 saturated heterocycles. The fourth-order valence-corrected chi connectivity index (χ4v) is 3.69. The lowest BCUT2D eigenvalue weighted by atomic mass is 9.83. The van der Waals surface area contributed by atoms with Crippen LogP contribution in [0.3, 0.4) is 0 Å². The second-order valence-corrected chi connectivity index (χ2v) is 6.98. The molecule has 0 heterocycles. The van der Waals surface area contributed by atoms with Crippen molar-refractivity contribution < 1.29 is 4.39 Å². The lowest BCUT2D eigenvalue weighted by molar-refractivity contribution is 0.265. The summed E-state index contributed by atoms with van der Waals surface area (Å²) in [6.45, 7) is 4.32. The Bertz CT molecular complexity index is 427. The van der Waals surface area contributed by atoms with Gasteiger partial charge in [-0.05, 0) is 56.7 Å². The highest BCUT2D eigenvalue weighted by atomic mass is 79.9. The van der Waals surface area contributed by atoms with Gasteiger partial charge in [0.15, 0.2) is 0 Å². The molecule has 1 aliphatic carbocycles. The fourth-order valence-electron chi connectivity index (χ4n) is 3.32. The van der Waals surface area contributed by atoms with E-state index < -0.39 is 0 Å². The fraction of sp³-hybridized carbons (Fsp3) is 0.647. The van der Waals surface area contributed by atoms with Crippen molar-refractivity contribution in [2.24, 2.45) is 5.92 Å². The van der Waals surface area contributed by atoms with E-state index >= 15 is 0 Å². The quantitative estimate of drug-likeness (QED) is 0.735. The molecular formula is C17H25BrFN. The molecule has 112 valence electrons. The smallest absolute Gasteiger partial charge is 0.128 e. The van der Waals surface area contributed by atoms with Gasteiger partial charge in [-0.3, -0.25) is 0 Å². The molecule has 0 aromatic heterocycles. The van der Waals surface area contributed by atoms with Crippen LogP contribution in [-0.2, 0) is 0 Å². The van der Waals surface area contributed by atoms with Gasteiger partial charge in [0.2, 0.25) is 0 Å². The van der Waals surface area contributed by atoms with Crippen molar-refractivity contribution in [2.45, 2.75) is 64.5 Å². The Morgan fingerprint density at radius 1 is 1.30 bits per heavy atom. The van der Waals surface area contributed by atoms with Crippen LogP contribution in [0.5, 0.6) is 0 Å². The van der Waals surface area contributed by atoms with Crippen LogP contribution in [0.2, 0.25) is 0 Å². The summed E-state index contributed by atoms with van der Waals surface area (Å²) in [5, 5.41) is 3.60. The molecule has 2 rings (SSSR count). The first-order valence-corrected chi connectivity index (χ1v) is 8.60. The van der Waals surface area contributed by atoms with Gasteiger partial charge >= 0.3 is 0 Å². The molecule has 1 N–H and O–H groups in total. The Kier molecular flexibility index (Phi) is 6.03. The second-order valence-electron chi connectivity index (χ2n) is 6.06. The number of rotatable bonds is 5. The minimum absolute atomic E-state index is 0.0697. The Morgan fingerprint density at radius 2 is 2.00 bits per heavy atom. The minimum Gasteiger partial charge on any atom is -0.307 e. The van der Waals surface area contributed by atoms with Crippen molar-refractivity contribution in [1.82, 2.24) is 5.32 Å². The monoisotopic (exact) mass is 341 g/mol. The molecule has 1 atom stereocenters.